The third kappa shape index (κ3) is 8.27. The molecule has 0 aliphatic carbocycles. The number of aromatic amines is 1. The van der Waals surface area contributed by atoms with Crippen molar-refractivity contribution in [2.45, 2.75) is 56.5 Å². The van der Waals surface area contributed by atoms with E-state index in [1.165, 1.54) is 6.92 Å². The second-order valence-electron chi connectivity index (χ2n) is 8.47. The Morgan fingerprint density at radius 2 is 1.62 bits per heavy atom. The van der Waals surface area contributed by atoms with Gasteiger partial charge in [-0.1, -0.05) is 18.2 Å². The van der Waals surface area contributed by atoms with Crippen molar-refractivity contribution in [2.24, 2.45) is 5.73 Å². The van der Waals surface area contributed by atoms with Gasteiger partial charge in [0.05, 0.1) is 18.8 Å². The number of carboxylic acid groups (broad SMARTS) is 2. The molecule has 10 N–H and O–H groups in total. The Bertz CT molecular complexity index is 1130. The van der Waals surface area contributed by atoms with Crippen molar-refractivity contribution in [3.63, 3.8) is 0 Å². The van der Waals surface area contributed by atoms with Gasteiger partial charge in [0, 0.05) is 29.9 Å². The van der Waals surface area contributed by atoms with Gasteiger partial charge in [0.1, 0.15) is 18.1 Å². The minimum Gasteiger partial charge on any atom is -0.481 e. The van der Waals surface area contributed by atoms with Gasteiger partial charge in [-0.25, -0.2) is 4.79 Å². The summed E-state index contributed by atoms with van der Waals surface area (Å²) in [6, 6.07) is 1.32. The summed E-state index contributed by atoms with van der Waals surface area (Å²) in [5.74, 6) is -5.47. The van der Waals surface area contributed by atoms with Gasteiger partial charge in [0.2, 0.25) is 17.7 Å². The summed E-state index contributed by atoms with van der Waals surface area (Å²) in [5.41, 5.74) is 7.02. The largest absolute Gasteiger partial charge is 0.481 e. The molecule has 1 aromatic carbocycles. The Balaban J connectivity index is 2.05. The first-order valence-corrected chi connectivity index (χ1v) is 11.4. The van der Waals surface area contributed by atoms with Crippen LogP contribution in [-0.4, -0.2) is 91.9 Å². The highest BCUT2D eigenvalue weighted by molar-refractivity contribution is 5.94. The average molecular weight is 522 g/mol. The number of amides is 3. The topological polar surface area (TPSA) is 244 Å². The van der Waals surface area contributed by atoms with Gasteiger partial charge in [-0.15, -0.1) is 0 Å². The third-order valence-corrected chi connectivity index (χ3v) is 5.60. The molecule has 1 heterocycles. The number of nitrogens with two attached hydrogens (primary N) is 1. The number of carbonyl (C=O) groups excluding carboxylic acids is 3. The molecule has 5 atom stereocenters. The van der Waals surface area contributed by atoms with E-state index in [0.29, 0.717) is 5.56 Å². The highest BCUT2D eigenvalue weighted by atomic mass is 16.4. The third-order valence-electron chi connectivity index (χ3n) is 5.60. The average Bonchev–Trinajstić information content (AvgIpc) is 3.25. The molecule has 0 radical (unpaired) electrons. The van der Waals surface area contributed by atoms with Crippen molar-refractivity contribution in [1.82, 2.24) is 20.9 Å². The number of hydrogen-bond acceptors (Lipinski definition) is 8. The number of aromatic nitrogens is 1. The summed E-state index contributed by atoms with van der Waals surface area (Å²) in [6.07, 6.45) is -0.528. The summed E-state index contributed by atoms with van der Waals surface area (Å²) in [7, 11) is 0. The van der Waals surface area contributed by atoms with Crippen LogP contribution in [0.5, 0.6) is 0 Å². The van der Waals surface area contributed by atoms with Crippen molar-refractivity contribution in [1.29, 1.82) is 0 Å². The van der Waals surface area contributed by atoms with Crippen LogP contribution in [0.4, 0.5) is 0 Å². The summed E-state index contributed by atoms with van der Waals surface area (Å²) in [4.78, 5) is 63.1. The van der Waals surface area contributed by atoms with Crippen molar-refractivity contribution in [3.8, 4) is 0 Å². The molecule has 0 bridgehead atoms. The zero-order valence-electron chi connectivity index (χ0n) is 20.0. The maximum absolute atomic E-state index is 12.7. The number of aliphatic carboxylic acids is 2. The normalized spacial score (nSPS) is 15.1. The minimum absolute atomic E-state index is 0.0855. The van der Waals surface area contributed by atoms with E-state index >= 15 is 0 Å². The van der Waals surface area contributed by atoms with Crippen LogP contribution in [0.3, 0.4) is 0 Å². The number of carbonyl (C=O) groups is 5. The minimum atomic E-state index is -1.60. The predicted molar refractivity (Wildman–Crippen MR) is 129 cm³/mol. The molecule has 202 valence electrons. The van der Waals surface area contributed by atoms with E-state index in [-0.39, 0.29) is 12.8 Å². The fourth-order valence-electron chi connectivity index (χ4n) is 3.52. The molecule has 0 aliphatic heterocycles. The smallest absolute Gasteiger partial charge is 0.326 e. The first kappa shape index (κ1) is 29.2. The van der Waals surface area contributed by atoms with Crippen LogP contribution in [-0.2, 0) is 30.4 Å². The van der Waals surface area contributed by atoms with Crippen LogP contribution in [0.15, 0.2) is 30.5 Å². The van der Waals surface area contributed by atoms with E-state index in [2.05, 4.69) is 20.9 Å². The van der Waals surface area contributed by atoms with E-state index < -0.39 is 73.0 Å². The summed E-state index contributed by atoms with van der Waals surface area (Å²) in [6.45, 7) is 0.276. The molecule has 0 aliphatic rings. The van der Waals surface area contributed by atoms with Crippen molar-refractivity contribution in [3.05, 3.63) is 36.0 Å². The van der Waals surface area contributed by atoms with E-state index in [0.717, 1.165) is 10.9 Å². The summed E-state index contributed by atoms with van der Waals surface area (Å²) < 4.78 is 0. The lowest BCUT2D eigenvalue weighted by atomic mass is 10.0. The Kier molecular flexibility index (Phi) is 10.5. The molecule has 2 aromatic rings. The Morgan fingerprint density at radius 3 is 2.22 bits per heavy atom. The molecule has 0 saturated heterocycles. The molecular weight excluding hydrogens is 490 g/mol. The number of hydrogen-bond donors (Lipinski definition) is 9. The number of rotatable bonds is 14. The highest BCUT2D eigenvalue weighted by Gasteiger charge is 2.32. The zero-order chi connectivity index (χ0) is 27.7. The molecule has 14 nitrogen and oxygen atoms in total. The van der Waals surface area contributed by atoms with E-state index in [1.807, 2.05) is 0 Å². The van der Waals surface area contributed by atoms with Crippen LogP contribution in [0.2, 0.25) is 0 Å². The van der Waals surface area contributed by atoms with E-state index in [1.54, 1.807) is 30.5 Å². The van der Waals surface area contributed by atoms with Crippen molar-refractivity contribution in [2.75, 3.05) is 6.61 Å². The van der Waals surface area contributed by atoms with Crippen molar-refractivity contribution >= 4 is 40.6 Å². The zero-order valence-corrected chi connectivity index (χ0v) is 20.0. The summed E-state index contributed by atoms with van der Waals surface area (Å²) in [5, 5.41) is 45.3. The lowest BCUT2D eigenvalue weighted by molar-refractivity contribution is -0.142. The number of fused-ring (bicyclic) bond motifs is 1. The lowest BCUT2D eigenvalue weighted by Crippen LogP contribution is -2.60. The number of benzene rings is 1. The second-order valence-corrected chi connectivity index (χ2v) is 8.47. The maximum Gasteiger partial charge on any atom is 0.326 e. The molecule has 5 unspecified atom stereocenters. The Labute approximate surface area is 211 Å². The van der Waals surface area contributed by atoms with Crippen LogP contribution < -0.4 is 21.7 Å². The number of para-hydroxylation sites is 1. The molecule has 1 aromatic heterocycles. The van der Waals surface area contributed by atoms with Gasteiger partial charge in [-0.05, 0) is 25.0 Å². The number of nitrogens with one attached hydrogen (secondary N) is 4. The van der Waals surface area contributed by atoms with Gasteiger partial charge in [0.25, 0.3) is 0 Å². The van der Waals surface area contributed by atoms with Crippen molar-refractivity contribution < 1.29 is 44.4 Å². The van der Waals surface area contributed by atoms with E-state index in [4.69, 9.17) is 10.8 Å². The number of aliphatic hydroxyl groups excluding tert-OH is 2. The fraction of sp³-hybridized carbons (Fsp3) is 0.435. The lowest BCUT2D eigenvalue weighted by Gasteiger charge is -2.25. The molecule has 14 heteroatoms. The van der Waals surface area contributed by atoms with Gasteiger partial charge in [-0.3, -0.25) is 19.2 Å². The van der Waals surface area contributed by atoms with E-state index in [9.17, 15) is 39.3 Å². The highest BCUT2D eigenvalue weighted by Crippen LogP contribution is 2.19. The molecule has 2 rings (SSSR count). The number of aliphatic hydroxyl groups is 2. The molecule has 0 fully saturated rings. The maximum atomic E-state index is 12.7. The van der Waals surface area contributed by atoms with Crippen LogP contribution in [0.25, 0.3) is 10.9 Å². The molecule has 0 saturated carbocycles. The number of carboxylic acids is 2. The first-order chi connectivity index (χ1) is 17.4. The SMILES string of the molecule is CC(O)C(NC(=O)C(N)CCC(=O)O)C(=O)NC(CO)C(=O)NC(Cc1c[nH]c2ccccc12)C(=O)O. The molecular formula is C23H31N5O9. The monoisotopic (exact) mass is 521 g/mol. The van der Waals surface area contributed by atoms with Crippen LogP contribution >= 0.6 is 0 Å². The molecule has 37 heavy (non-hydrogen) atoms. The van der Waals surface area contributed by atoms with Crippen LogP contribution in [0.1, 0.15) is 25.3 Å². The summed E-state index contributed by atoms with van der Waals surface area (Å²) >= 11 is 0. The van der Waals surface area contributed by atoms with Gasteiger partial charge in [-0.2, -0.15) is 0 Å². The number of H-pyrrole nitrogens is 1. The quantitative estimate of drug-likeness (QED) is 0.130. The fourth-order valence-corrected chi connectivity index (χ4v) is 3.52. The second kappa shape index (κ2) is 13.3. The first-order valence-electron chi connectivity index (χ1n) is 11.4. The molecule has 0 spiro atoms. The Morgan fingerprint density at radius 1 is 0.973 bits per heavy atom. The standard InChI is InChI=1S/C23H31N5O9/c1-11(30)19(28-20(33)14(24)6-7-18(31)32)22(35)27-17(10-29)21(34)26-16(23(36)37)8-12-9-25-15-5-3-2-4-13(12)15/h2-5,9,11,14,16-17,19,25,29-30H,6-8,10,24H2,1H3,(H,26,34)(H,27,35)(H,28,33)(H,31,32)(H,36,37). The van der Waals surface area contributed by atoms with Gasteiger partial charge >= 0.3 is 11.9 Å². The molecule has 3 amide bonds. The predicted octanol–water partition coefficient (Wildman–Crippen LogP) is -2.19. The van der Waals surface area contributed by atoms with Gasteiger partial charge < -0.3 is 47.1 Å². The van der Waals surface area contributed by atoms with Gasteiger partial charge in [0.15, 0.2) is 0 Å². The van der Waals surface area contributed by atoms with Crippen LogP contribution in [0, 0.1) is 0 Å². The Hall–Kier alpha value is -4.01.